The van der Waals surface area contributed by atoms with Crippen molar-refractivity contribution in [2.75, 3.05) is 19.6 Å². The van der Waals surface area contributed by atoms with Crippen LogP contribution >= 0.6 is 0 Å². The highest BCUT2D eigenvalue weighted by Crippen LogP contribution is 2.30. The predicted octanol–water partition coefficient (Wildman–Crippen LogP) is 2.08. The van der Waals surface area contributed by atoms with Gasteiger partial charge in [0.2, 0.25) is 5.91 Å². The van der Waals surface area contributed by atoms with Crippen molar-refractivity contribution in [3.05, 3.63) is 11.6 Å². The Labute approximate surface area is 105 Å². The smallest absolute Gasteiger partial charge is 0.339 e. The fraction of sp³-hybridized carbons (Fsp3) is 0.750. The van der Waals surface area contributed by atoms with E-state index in [0.717, 1.165) is 12.5 Å². The largest absolute Gasteiger partial charge is 0.412 e. The lowest BCUT2D eigenvalue weighted by Gasteiger charge is -2.28. The summed E-state index contributed by atoms with van der Waals surface area (Å²) in [6.07, 6.45) is -2.15. The molecule has 2 N–H and O–H groups in total. The molecular formula is C12H19F3N2O. The van der Waals surface area contributed by atoms with Crippen molar-refractivity contribution in [1.82, 2.24) is 4.90 Å². The van der Waals surface area contributed by atoms with E-state index in [0.29, 0.717) is 13.0 Å². The molecule has 104 valence electrons. The van der Waals surface area contributed by atoms with Gasteiger partial charge in [0.05, 0.1) is 0 Å². The molecule has 6 heteroatoms. The second-order valence-corrected chi connectivity index (χ2v) is 4.53. The zero-order valence-corrected chi connectivity index (χ0v) is 10.5. The van der Waals surface area contributed by atoms with Gasteiger partial charge in [-0.15, -0.1) is 0 Å². The molecule has 1 atom stereocenters. The predicted molar refractivity (Wildman–Crippen MR) is 62.8 cm³/mol. The van der Waals surface area contributed by atoms with Crippen LogP contribution < -0.4 is 5.73 Å². The van der Waals surface area contributed by atoms with Gasteiger partial charge in [0.25, 0.3) is 0 Å². The van der Waals surface area contributed by atoms with E-state index in [1.807, 2.05) is 6.92 Å². The van der Waals surface area contributed by atoms with Gasteiger partial charge >= 0.3 is 6.18 Å². The highest BCUT2D eigenvalue weighted by atomic mass is 19.4. The van der Waals surface area contributed by atoms with Gasteiger partial charge in [0.15, 0.2) is 0 Å². The first-order chi connectivity index (χ1) is 8.38. The van der Waals surface area contributed by atoms with E-state index in [2.05, 4.69) is 0 Å². The SMILES string of the molecule is CCC(CN)CC(=O)N1CC=C(C(F)(F)F)CC1. The van der Waals surface area contributed by atoms with Crippen LogP contribution in [0.2, 0.25) is 0 Å². The number of rotatable bonds is 4. The molecule has 0 saturated heterocycles. The van der Waals surface area contributed by atoms with E-state index in [-0.39, 0.29) is 31.3 Å². The fourth-order valence-electron chi connectivity index (χ4n) is 1.92. The molecule has 18 heavy (non-hydrogen) atoms. The first-order valence-electron chi connectivity index (χ1n) is 6.12. The van der Waals surface area contributed by atoms with Gasteiger partial charge in [-0.25, -0.2) is 0 Å². The molecule has 1 amide bonds. The van der Waals surface area contributed by atoms with E-state index >= 15 is 0 Å². The van der Waals surface area contributed by atoms with Crippen LogP contribution in [0.4, 0.5) is 13.2 Å². The highest BCUT2D eigenvalue weighted by Gasteiger charge is 2.35. The van der Waals surface area contributed by atoms with Crippen LogP contribution in [-0.4, -0.2) is 36.6 Å². The van der Waals surface area contributed by atoms with E-state index in [1.54, 1.807) is 0 Å². The molecule has 1 aliphatic heterocycles. The van der Waals surface area contributed by atoms with Crippen molar-refractivity contribution in [2.45, 2.75) is 32.4 Å². The molecule has 0 aromatic rings. The molecule has 0 aliphatic carbocycles. The summed E-state index contributed by atoms with van der Waals surface area (Å²) in [7, 11) is 0. The Morgan fingerprint density at radius 3 is 2.61 bits per heavy atom. The van der Waals surface area contributed by atoms with Gasteiger partial charge < -0.3 is 10.6 Å². The minimum atomic E-state index is -4.27. The number of hydrogen-bond acceptors (Lipinski definition) is 2. The number of alkyl halides is 3. The third-order valence-electron chi connectivity index (χ3n) is 3.30. The third-order valence-corrected chi connectivity index (χ3v) is 3.30. The van der Waals surface area contributed by atoms with Gasteiger partial charge in [0.1, 0.15) is 0 Å². The first kappa shape index (κ1) is 15.0. The zero-order valence-electron chi connectivity index (χ0n) is 10.5. The lowest BCUT2D eigenvalue weighted by Crippen LogP contribution is -2.38. The number of nitrogens with two attached hydrogens (primary N) is 1. The Morgan fingerprint density at radius 1 is 1.56 bits per heavy atom. The first-order valence-corrected chi connectivity index (χ1v) is 6.12. The molecule has 1 heterocycles. The average Bonchev–Trinajstić information content (AvgIpc) is 2.34. The van der Waals surface area contributed by atoms with Crippen LogP contribution in [0.1, 0.15) is 26.2 Å². The van der Waals surface area contributed by atoms with Crippen LogP contribution in [0.15, 0.2) is 11.6 Å². The summed E-state index contributed by atoms with van der Waals surface area (Å²) in [5, 5.41) is 0. The van der Waals surface area contributed by atoms with Crippen LogP contribution in [0, 0.1) is 5.92 Å². The quantitative estimate of drug-likeness (QED) is 0.790. The Balaban J connectivity index is 2.52. The van der Waals surface area contributed by atoms with Gasteiger partial charge in [-0.1, -0.05) is 19.4 Å². The van der Waals surface area contributed by atoms with Crippen LogP contribution in [0.3, 0.4) is 0 Å². The Bertz CT molecular complexity index is 322. The minimum absolute atomic E-state index is 0.0503. The van der Waals surface area contributed by atoms with Crippen LogP contribution in [0.5, 0.6) is 0 Å². The summed E-state index contributed by atoms with van der Waals surface area (Å²) in [5.41, 5.74) is 4.98. The fourth-order valence-corrected chi connectivity index (χ4v) is 1.92. The zero-order chi connectivity index (χ0) is 13.8. The summed E-state index contributed by atoms with van der Waals surface area (Å²) < 4.78 is 37.2. The van der Waals surface area contributed by atoms with Crippen molar-refractivity contribution in [2.24, 2.45) is 11.7 Å². The maximum atomic E-state index is 12.4. The lowest BCUT2D eigenvalue weighted by atomic mass is 10.0. The minimum Gasteiger partial charge on any atom is -0.339 e. The van der Waals surface area contributed by atoms with Crippen molar-refractivity contribution in [3.63, 3.8) is 0 Å². The molecule has 1 unspecified atom stereocenters. The summed E-state index contributed by atoms with van der Waals surface area (Å²) in [4.78, 5) is 13.3. The molecule has 0 spiro atoms. The molecular weight excluding hydrogens is 245 g/mol. The number of carbonyl (C=O) groups is 1. The molecule has 0 saturated carbocycles. The number of carbonyl (C=O) groups excluding carboxylic acids is 1. The second-order valence-electron chi connectivity index (χ2n) is 4.53. The van der Waals surface area contributed by atoms with Gasteiger partial charge in [-0.3, -0.25) is 4.79 Å². The number of halogens is 3. The summed E-state index contributed by atoms with van der Waals surface area (Å²) in [6, 6.07) is 0. The molecule has 0 aromatic heterocycles. The molecule has 3 nitrogen and oxygen atoms in total. The Kier molecular flexibility index (Phi) is 5.19. The van der Waals surface area contributed by atoms with Crippen LogP contribution in [0.25, 0.3) is 0 Å². The average molecular weight is 264 g/mol. The van der Waals surface area contributed by atoms with E-state index in [9.17, 15) is 18.0 Å². The summed E-state index contributed by atoms with van der Waals surface area (Å²) in [5.74, 6) is 0.00951. The number of hydrogen-bond donors (Lipinski definition) is 1. The Morgan fingerprint density at radius 2 is 2.22 bits per heavy atom. The lowest BCUT2D eigenvalue weighted by molar-refractivity contribution is -0.133. The molecule has 0 fully saturated rings. The van der Waals surface area contributed by atoms with Crippen molar-refractivity contribution in [3.8, 4) is 0 Å². The summed E-state index contributed by atoms with van der Waals surface area (Å²) >= 11 is 0. The van der Waals surface area contributed by atoms with Crippen molar-refractivity contribution < 1.29 is 18.0 Å². The maximum Gasteiger partial charge on any atom is 0.412 e. The molecule has 0 aromatic carbocycles. The molecule has 0 bridgehead atoms. The summed E-state index contributed by atoms with van der Waals surface area (Å²) in [6.45, 7) is 2.57. The van der Waals surface area contributed by atoms with Gasteiger partial charge in [-0.2, -0.15) is 13.2 Å². The van der Waals surface area contributed by atoms with Crippen molar-refractivity contribution in [1.29, 1.82) is 0 Å². The molecule has 0 radical (unpaired) electrons. The molecule has 1 rings (SSSR count). The monoisotopic (exact) mass is 264 g/mol. The number of amides is 1. The topological polar surface area (TPSA) is 46.3 Å². The van der Waals surface area contributed by atoms with Gasteiger partial charge in [0, 0.05) is 25.1 Å². The van der Waals surface area contributed by atoms with E-state index in [4.69, 9.17) is 5.73 Å². The third kappa shape index (κ3) is 4.01. The normalized spacial score (nSPS) is 18.5. The van der Waals surface area contributed by atoms with Crippen molar-refractivity contribution >= 4 is 5.91 Å². The maximum absolute atomic E-state index is 12.4. The van der Waals surface area contributed by atoms with E-state index < -0.39 is 11.7 Å². The van der Waals surface area contributed by atoms with Crippen LogP contribution in [-0.2, 0) is 4.79 Å². The second kappa shape index (κ2) is 6.22. The number of nitrogens with zero attached hydrogens (tertiary/aromatic N) is 1. The van der Waals surface area contributed by atoms with E-state index in [1.165, 1.54) is 4.90 Å². The van der Waals surface area contributed by atoms with Gasteiger partial charge in [-0.05, 0) is 18.9 Å². The Hall–Kier alpha value is -1.04. The highest BCUT2D eigenvalue weighted by molar-refractivity contribution is 5.76. The standard InChI is InChI=1S/C12H19F3N2O/c1-2-9(8-16)7-11(18)17-5-3-10(4-6-17)12(13,14)15/h3,9H,2,4-8,16H2,1H3. The molecule has 1 aliphatic rings.